The number of hydrogen-bond donors (Lipinski definition) is 4. The van der Waals surface area contributed by atoms with Crippen LogP contribution in [0.25, 0.3) is 0 Å². The van der Waals surface area contributed by atoms with Crippen LogP contribution in [0.15, 0.2) is 0 Å². The van der Waals surface area contributed by atoms with E-state index in [1.54, 1.807) is 0 Å². The molecular weight excluding hydrogens is 130 g/mol. The summed E-state index contributed by atoms with van der Waals surface area (Å²) in [6.07, 6.45) is 0.915. The number of aliphatic hydroxyl groups excluding tert-OH is 1. The summed E-state index contributed by atoms with van der Waals surface area (Å²) in [7, 11) is 0. The topological polar surface area (TPSA) is 82.1 Å². The van der Waals surface area contributed by atoms with Crippen molar-refractivity contribution in [2.45, 2.75) is 18.9 Å². The standard InChI is InChI=1S/C6H14N3O/c1-5(10)3-2-4-9-6(7)8/h5,10H,1-4H2,(H4,7,8,9). The van der Waals surface area contributed by atoms with Gasteiger partial charge in [-0.3, -0.25) is 5.41 Å². The maximum absolute atomic E-state index is 8.69. The molecule has 0 aliphatic heterocycles. The first-order valence-corrected chi connectivity index (χ1v) is 3.22. The summed E-state index contributed by atoms with van der Waals surface area (Å²) in [4.78, 5) is 0. The first-order chi connectivity index (χ1) is 4.63. The highest BCUT2D eigenvalue weighted by atomic mass is 16.3. The Morgan fingerprint density at radius 3 is 2.80 bits per heavy atom. The molecule has 1 unspecified atom stereocenters. The average Bonchev–Trinajstić information content (AvgIpc) is 1.79. The highest BCUT2D eigenvalue weighted by Crippen LogP contribution is 1.92. The van der Waals surface area contributed by atoms with Crippen LogP contribution in [0.2, 0.25) is 0 Å². The highest BCUT2D eigenvalue weighted by Gasteiger charge is 1.94. The van der Waals surface area contributed by atoms with Gasteiger partial charge in [0, 0.05) is 6.54 Å². The lowest BCUT2D eigenvalue weighted by Crippen LogP contribution is -2.31. The average molecular weight is 144 g/mol. The van der Waals surface area contributed by atoms with Gasteiger partial charge in [0.2, 0.25) is 0 Å². The van der Waals surface area contributed by atoms with Gasteiger partial charge in [-0.05, 0) is 19.8 Å². The van der Waals surface area contributed by atoms with E-state index in [1.807, 2.05) is 0 Å². The molecule has 0 heterocycles. The fourth-order valence-corrected chi connectivity index (χ4v) is 0.561. The predicted molar refractivity (Wildman–Crippen MR) is 40.5 cm³/mol. The van der Waals surface area contributed by atoms with Gasteiger partial charge >= 0.3 is 0 Å². The summed E-state index contributed by atoms with van der Waals surface area (Å²) in [5, 5.41) is 18.1. The number of nitrogens with two attached hydrogens (primary N) is 1. The zero-order valence-electron chi connectivity index (χ0n) is 5.93. The summed E-state index contributed by atoms with van der Waals surface area (Å²) < 4.78 is 0. The minimum absolute atomic E-state index is 0.0291. The molecule has 0 aliphatic rings. The molecule has 0 saturated heterocycles. The third-order valence-corrected chi connectivity index (χ3v) is 1.03. The largest absolute Gasteiger partial charge is 0.393 e. The zero-order chi connectivity index (χ0) is 7.98. The number of aliphatic hydroxyl groups is 1. The third-order valence-electron chi connectivity index (χ3n) is 1.03. The van der Waals surface area contributed by atoms with Gasteiger partial charge in [0.15, 0.2) is 5.96 Å². The number of guanidine groups is 1. The minimum Gasteiger partial charge on any atom is -0.393 e. The van der Waals surface area contributed by atoms with Crippen molar-refractivity contribution >= 4 is 5.96 Å². The number of hydrogen-bond acceptors (Lipinski definition) is 2. The molecule has 4 nitrogen and oxygen atoms in total. The van der Waals surface area contributed by atoms with Crippen LogP contribution in [0, 0.1) is 12.3 Å². The molecule has 0 amide bonds. The van der Waals surface area contributed by atoms with Crippen LogP contribution in [0.5, 0.6) is 0 Å². The van der Waals surface area contributed by atoms with Crippen LogP contribution in [0.1, 0.15) is 12.8 Å². The van der Waals surface area contributed by atoms with Crippen molar-refractivity contribution in [2.24, 2.45) is 5.73 Å². The molecule has 0 aromatic carbocycles. The second kappa shape index (κ2) is 5.05. The maximum Gasteiger partial charge on any atom is 0.185 e. The Kier molecular flexibility index (Phi) is 4.66. The maximum atomic E-state index is 8.69. The fraction of sp³-hybridized carbons (Fsp3) is 0.667. The van der Waals surface area contributed by atoms with Crippen molar-refractivity contribution in [2.75, 3.05) is 6.54 Å². The van der Waals surface area contributed by atoms with Crippen LogP contribution in [0.3, 0.4) is 0 Å². The summed E-state index contributed by atoms with van der Waals surface area (Å²) >= 11 is 0. The van der Waals surface area contributed by atoms with Crippen molar-refractivity contribution < 1.29 is 5.11 Å². The summed E-state index contributed by atoms with van der Waals surface area (Å²) in [5.74, 6) is -0.0291. The lowest BCUT2D eigenvalue weighted by molar-refractivity contribution is 0.207. The monoisotopic (exact) mass is 144 g/mol. The van der Waals surface area contributed by atoms with Crippen molar-refractivity contribution in [3.63, 3.8) is 0 Å². The van der Waals surface area contributed by atoms with Crippen molar-refractivity contribution in [3.05, 3.63) is 6.92 Å². The summed E-state index contributed by atoms with van der Waals surface area (Å²) in [5.41, 5.74) is 5.00. The predicted octanol–water partition coefficient (Wildman–Crippen LogP) is -0.555. The lowest BCUT2D eigenvalue weighted by atomic mass is 10.2. The molecule has 5 N–H and O–H groups in total. The molecule has 0 rings (SSSR count). The molecule has 1 radical (unpaired) electrons. The van der Waals surface area contributed by atoms with E-state index in [-0.39, 0.29) is 5.96 Å². The van der Waals surface area contributed by atoms with E-state index in [4.69, 9.17) is 16.2 Å². The molecule has 1 atom stereocenters. The Balaban J connectivity index is 2.98. The van der Waals surface area contributed by atoms with Gasteiger partial charge in [0.1, 0.15) is 0 Å². The number of rotatable bonds is 4. The van der Waals surface area contributed by atoms with E-state index in [1.165, 1.54) is 0 Å². The van der Waals surface area contributed by atoms with Crippen molar-refractivity contribution in [3.8, 4) is 0 Å². The van der Waals surface area contributed by atoms with Gasteiger partial charge < -0.3 is 16.2 Å². The van der Waals surface area contributed by atoms with Gasteiger partial charge in [-0.2, -0.15) is 0 Å². The van der Waals surface area contributed by atoms with E-state index in [2.05, 4.69) is 12.2 Å². The van der Waals surface area contributed by atoms with E-state index in [9.17, 15) is 0 Å². The van der Waals surface area contributed by atoms with Gasteiger partial charge in [0.05, 0.1) is 6.10 Å². The normalized spacial score (nSPS) is 12.6. The summed E-state index contributed by atoms with van der Waals surface area (Å²) in [6, 6.07) is 0. The van der Waals surface area contributed by atoms with Crippen molar-refractivity contribution in [1.29, 1.82) is 5.41 Å². The van der Waals surface area contributed by atoms with Crippen LogP contribution < -0.4 is 11.1 Å². The van der Waals surface area contributed by atoms with Crippen LogP contribution >= 0.6 is 0 Å². The second-order valence-corrected chi connectivity index (χ2v) is 2.14. The SMILES string of the molecule is [CH2]C(O)CCCNC(=N)N. The second-order valence-electron chi connectivity index (χ2n) is 2.14. The highest BCUT2D eigenvalue weighted by molar-refractivity contribution is 5.74. The van der Waals surface area contributed by atoms with E-state index < -0.39 is 6.10 Å². The number of nitrogens with one attached hydrogen (secondary N) is 2. The van der Waals surface area contributed by atoms with Gasteiger partial charge in [-0.1, -0.05) is 0 Å². The molecular formula is C6H14N3O. The molecule has 0 saturated carbocycles. The molecule has 4 heteroatoms. The Hall–Kier alpha value is -0.770. The van der Waals surface area contributed by atoms with Gasteiger partial charge in [-0.15, -0.1) is 0 Å². The van der Waals surface area contributed by atoms with Crippen LogP contribution in [-0.2, 0) is 0 Å². The third kappa shape index (κ3) is 7.23. The van der Waals surface area contributed by atoms with Gasteiger partial charge in [0.25, 0.3) is 0 Å². The van der Waals surface area contributed by atoms with Crippen LogP contribution in [0.4, 0.5) is 0 Å². The summed E-state index contributed by atoms with van der Waals surface area (Å²) in [6.45, 7) is 4.02. The van der Waals surface area contributed by atoms with Crippen molar-refractivity contribution in [1.82, 2.24) is 5.32 Å². The molecule has 0 fully saturated rings. The van der Waals surface area contributed by atoms with Gasteiger partial charge in [-0.25, -0.2) is 0 Å². The molecule has 0 aliphatic carbocycles. The lowest BCUT2D eigenvalue weighted by Gasteiger charge is -2.04. The molecule has 0 bridgehead atoms. The van der Waals surface area contributed by atoms with E-state index in [0.29, 0.717) is 13.0 Å². The zero-order valence-corrected chi connectivity index (χ0v) is 5.93. The molecule has 0 aromatic rings. The molecule has 0 aromatic heterocycles. The first-order valence-electron chi connectivity index (χ1n) is 3.22. The quantitative estimate of drug-likeness (QED) is 0.242. The van der Waals surface area contributed by atoms with Crippen LogP contribution in [-0.4, -0.2) is 23.7 Å². The molecule has 59 valence electrons. The fourth-order valence-electron chi connectivity index (χ4n) is 0.561. The Bertz CT molecular complexity index is 103. The molecule has 0 spiro atoms. The van der Waals surface area contributed by atoms with E-state index >= 15 is 0 Å². The smallest absolute Gasteiger partial charge is 0.185 e. The van der Waals surface area contributed by atoms with E-state index in [0.717, 1.165) is 6.42 Å². The Morgan fingerprint density at radius 2 is 2.40 bits per heavy atom. The first kappa shape index (κ1) is 9.23. The minimum atomic E-state index is -0.506. The molecule has 10 heavy (non-hydrogen) atoms. The Morgan fingerprint density at radius 1 is 1.80 bits per heavy atom. The Labute approximate surface area is 60.9 Å².